The van der Waals surface area contributed by atoms with Crippen molar-refractivity contribution in [2.45, 2.75) is 26.3 Å². The van der Waals surface area contributed by atoms with Crippen LogP contribution in [0.2, 0.25) is 0 Å². The first-order valence-corrected chi connectivity index (χ1v) is 9.12. The van der Waals surface area contributed by atoms with Crippen LogP contribution in [0.1, 0.15) is 22.6 Å². The van der Waals surface area contributed by atoms with Crippen molar-refractivity contribution in [3.05, 3.63) is 51.7 Å². The van der Waals surface area contributed by atoms with Crippen LogP contribution >= 0.6 is 35.3 Å². The van der Waals surface area contributed by atoms with E-state index in [9.17, 15) is 4.39 Å². The molecule has 1 saturated heterocycles. The number of aliphatic imine (C=N–C) groups is 1. The quantitative estimate of drug-likeness (QED) is 0.416. The second-order valence-corrected chi connectivity index (χ2v) is 7.13. The normalized spacial score (nSPS) is 17.5. The summed E-state index contributed by atoms with van der Waals surface area (Å²) in [5.41, 5.74) is 4.16. The number of aromatic nitrogens is 1. The van der Waals surface area contributed by atoms with E-state index >= 15 is 0 Å². The van der Waals surface area contributed by atoms with Gasteiger partial charge in [-0.05, 0) is 43.4 Å². The third-order valence-corrected chi connectivity index (χ3v) is 5.42. The van der Waals surface area contributed by atoms with E-state index in [0.717, 1.165) is 44.1 Å². The molecule has 25 heavy (non-hydrogen) atoms. The second kappa shape index (κ2) is 9.47. The van der Waals surface area contributed by atoms with E-state index in [4.69, 9.17) is 0 Å². The van der Waals surface area contributed by atoms with E-state index in [-0.39, 0.29) is 29.8 Å². The van der Waals surface area contributed by atoms with Crippen molar-refractivity contribution in [2.24, 2.45) is 10.9 Å². The van der Waals surface area contributed by atoms with Gasteiger partial charge in [0.15, 0.2) is 5.96 Å². The topological polar surface area (TPSA) is 40.5 Å². The van der Waals surface area contributed by atoms with Gasteiger partial charge in [0.1, 0.15) is 5.82 Å². The summed E-state index contributed by atoms with van der Waals surface area (Å²) in [6.07, 6.45) is 2.12. The lowest BCUT2D eigenvalue weighted by Crippen LogP contribution is -2.39. The van der Waals surface area contributed by atoms with Gasteiger partial charge in [0.05, 0.1) is 17.7 Å². The predicted octanol–water partition coefficient (Wildman–Crippen LogP) is 3.85. The highest BCUT2D eigenvalue weighted by molar-refractivity contribution is 14.0. The number of likely N-dealkylation sites (tertiary alicyclic amines) is 1. The highest BCUT2D eigenvalue weighted by atomic mass is 127. The fraction of sp³-hybridized carbons (Fsp3) is 0.444. The molecular formula is C18H24FIN4S. The van der Waals surface area contributed by atoms with Crippen LogP contribution in [0.3, 0.4) is 0 Å². The fourth-order valence-corrected chi connectivity index (χ4v) is 3.85. The number of nitrogens with zero attached hydrogens (tertiary/aromatic N) is 3. The summed E-state index contributed by atoms with van der Waals surface area (Å²) in [6, 6.07) is 6.86. The lowest BCUT2D eigenvalue weighted by Gasteiger charge is -2.21. The zero-order valence-electron chi connectivity index (χ0n) is 14.5. The van der Waals surface area contributed by atoms with Gasteiger partial charge in [-0.3, -0.25) is 4.99 Å². The monoisotopic (exact) mass is 474 g/mol. The van der Waals surface area contributed by atoms with E-state index < -0.39 is 0 Å². The summed E-state index contributed by atoms with van der Waals surface area (Å²) in [7, 11) is 1.83. The minimum Gasteiger partial charge on any atom is -0.351 e. The Bertz CT molecular complexity index is 701. The number of aryl methyl sites for hydroxylation is 1. The molecule has 4 nitrogen and oxygen atoms in total. The number of nitrogens with one attached hydrogen (secondary N) is 1. The number of guanidine groups is 1. The molecule has 0 aliphatic carbocycles. The van der Waals surface area contributed by atoms with Gasteiger partial charge >= 0.3 is 0 Å². The van der Waals surface area contributed by atoms with Gasteiger partial charge in [-0.1, -0.05) is 12.1 Å². The SMILES string of the molecule is CN=C(NCc1scnc1C)N1CCC(Cc2ccc(F)cc2)C1.I. The number of thiazole rings is 1. The molecule has 1 aliphatic heterocycles. The Morgan fingerprint density at radius 1 is 1.40 bits per heavy atom. The zero-order chi connectivity index (χ0) is 16.9. The molecule has 1 aromatic carbocycles. The van der Waals surface area contributed by atoms with Crippen LogP contribution in [-0.4, -0.2) is 36.0 Å². The minimum absolute atomic E-state index is 0. The Balaban J connectivity index is 0.00000225. The average molecular weight is 474 g/mol. The number of benzene rings is 1. The van der Waals surface area contributed by atoms with E-state index in [1.807, 2.05) is 31.6 Å². The molecule has 1 N–H and O–H groups in total. The molecule has 136 valence electrons. The van der Waals surface area contributed by atoms with Crippen molar-refractivity contribution in [1.29, 1.82) is 0 Å². The van der Waals surface area contributed by atoms with Crippen molar-refractivity contribution >= 4 is 41.3 Å². The lowest BCUT2D eigenvalue weighted by molar-refractivity contribution is 0.460. The highest BCUT2D eigenvalue weighted by Gasteiger charge is 2.25. The molecule has 3 rings (SSSR count). The molecule has 0 radical (unpaired) electrons. The van der Waals surface area contributed by atoms with Crippen LogP contribution in [0, 0.1) is 18.7 Å². The molecule has 7 heteroatoms. The number of hydrogen-bond acceptors (Lipinski definition) is 3. The van der Waals surface area contributed by atoms with Crippen LogP contribution in [0.5, 0.6) is 0 Å². The summed E-state index contributed by atoms with van der Waals surface area (Å²) in [6.45, 7) is 4.79. The van der Waals surface area contributed by atoms with Gasteiger partial charge in [-0.15, -0.1) is 35.3 Å². The first kappa shape index (κ1) is 20.1. The molecule has 1 aromatic heterocycles. The van der Waals surface area contributed by atoms with Crippen LogP contribution in [0.15, 0.2) is 34.8 Å². The second-order valence-electron chi connectivity index (χ2n) is 6.19. The van der Waals surface area contributed by atoms with Crippen molar-refractivity contribution in [2.75, 3.05) is 20.1 Å². The maximum Gasteiger partial charge on any atom is 0.193 e. The summed E-state index contributed by atoms with van der Waals surface area (Å²) in [5, 5.41) is 3.44. The Morgan fingerprint density at radius 2 is 2.16 bits per heavy atom. The zero-order valence-corrected chi connectivity index (χ0v) is 17.7. The van der Waals surface area contributed by atoms with Gasteiger partial charge in [0.25, 0.3) is 0 Å². The minimum atomic E-state index is -0.172. The number of rotatable bonds is 4. The van der Waals surface area contributed by atoms with Crippen molar-refractivity contribution in [1.82, 2.24) is 15.2 Å². The third kappa shape index (κ3) is 5.37. The molecule has 1 atom stereocenters. The number of hydrogen-bond donors (Lipinski definition) is 1. The van der Waals surface area contributed by atoms with Gasteiger partial charge in [-0.25, -0.2) is 9.37 Å². The van der Waals surface area contributed by atoms with E-state index in [1.54, 1.807) is 23.5 Å². The molecule has 0 saturated carbocycles. The lowest BCUT2D eigenvalue weighted by atomic mass is 9.99. The van der Waals surface area contributed by atoms with E-state index in [0.29, 0.717) is 5.92 Å². The van der Waals surface area contributed by atoms with Crippen LogP contribution in [-0.2, 0) is 13.0 Å². The molecule has 1 aliphatic rings. The Labute approximate surface area is 169 Å². The summed E-state index contributed by atoms with van der Waals surface area (Å²) < 4.78 is 13.0. The van der Waals surface area contributed by atoms with E-state index in [1.165, 1.54) is 10.4 Å². The maximum atomic E-state index is 13.0. The molecule has 2 aromatic rings. The summed E-state index contributed by atoms with van der Waals surface area (Å²) in [5.74, 6) is 1.36. The Hall–Kier alpha value is -1.22. The van der Waals surface area contributed by atoms with Crippen LogP contribution < -0.4 is 5.32 Å². The molecule has 2 heterocycles. The van der Waals surface area contributed by atoms with Crippen molar-refractivity contribution in [3.63, 3.8) is 0 Å². The molecule has 0 amide bonds. The van der Waals surface area contributed by atoms with Gasteiger partial charge in [0.2, 0.25) is 0 Å². The first-order chi connectivity index (χ1) is 11.7. The summed E-state index contributed by atoms with van der Waals surface area (Å²) in [4.78, 5) is 12.3. The summed E-state index contributed by atoms with van der Waals surface area (Å²) >= 11 is 1.67. The Morgan fingerprint density at radius 3 is 2.80 bits per heavy atom. The van der Waals surface area contributed by atoms with Gasteiger partial charge in [0, 0.05) is 25.0 Å². The first-order valence-electron chi connectivity index (χ1n) is 8.24. The molecular weight excluding hydrogens is 450 g/mol. The van der Waals surface area contributed by atoms with Gasteiger partial charge < -0.3 is 10.2 Å². The van der Waals surface area contributed by atoms with Crippen LogP contribution in [0.4, 0.5) is 4.39 Å². The predicted molar refractivity (Wildman–Crippen MR) is 112 cm³/mol. The molecule has 1 unspecified atom stereocenters. The molecule has 1 fully saturated rings. The van der Waals surface area contributed by atoms with Crippen molar-refractivity contribution < 1.29 is 4.39 Å². The maximum absolute atomic E-state index is 13.0. The molecule has 0 bridgehead atoms. The van der Waals surface area contributed by atoms with Crippen molar-refractivity contribution in [3.8, 4) is 0 Å². The smallest absolute Gasteiger partial charge is 0.193 e. The van der Waals surface area contributed by atoms with E-state index in [2.05, 4.69) is 20.2 Å². The Kier molecular flexibility index (Phi) is 7.61. The highest BCUT2D eigenvalue weighted by Crippen LogP contribution is 2.21. The third-order valence-electron chi connectivity index (χ3n) is 4.49. The molecule has 0 spiro atoms. The standard InChI is InChI=1S/C18H23FN4S.HI/c1-13-17(24-12-22-13)10-21-18(20-2)23-8-7-15(11-23)9-14-3-5-16(19)6-4-14;/h3-6,12,15H,7-11H2,1-2H3,(H,20,21);1H. The fourth-order valence-electron chi connectivity index (χ4n) is 3.13. The largest absolute Gasteiger partial charge is 0.351 e. The average Bonchev–Trinajstić information content (AvgIpc) is 3.20. The number of halogens is 2. The van der Waals surface area contributed by atoms with Crippen LogP contribution in [0.25, 0.3) is 0 Å². The van der Waals surface area contributed by atoms with Gasteiger partial charge in [-0.2, -0.15) is 0 Å².